The Bertz CT molecular complexity index is 283. The smallest absolute Gasteiger partial charge is 0.229 e. The van der Waals surface area contributed by atoms with Gasteiger partial charge in [-0.1, -0.05) is 0 Å². The van der Waals surface area contributed by atoms with E-state index in [-0.39, 0.29) is 11.8 Å². The van der Waals surface area contributed by atoms with Gasteiger partial charge in [0.1, 0.15) is 0 Å². The Morgan fingerprint density at radius 2 is 1.87 bits per heavy atom. The lowest BCUT2D eigenvalue weighted by molar-refractivity contribution is -0.155. The second-order valence-electron chi connectivity index (χ2n) is 4.81. The molecule has 1 aliphatic heterocycles. The molecule has 0 aromatic rings. The van der Waals surface area contributed by atoms with Crippen molar-refractivity contribution in [1.82, 2.24) is 4.90 Å². The molecule has 4 heteroatoms. The van der Waals surface area contributed by atoms with E-state index < -0.39 is 5.54 Å². The van der Waals surface area contributed by atoms with E-state index in [0.29, 0.717) is 31.7 Å². The minimum absolute atomic E-state index is 0.0360. The van der Waals surface area contributed by atoms with Gasteiger partial charge in [-0.3, -0.25) is 14.5 Å². The highest BCUT2D eigenvalue weighted by molar-refractivity contribution is 5.98. The summed E-state index contributed by atoms with van der Waals surface area (Å²) in [5, 5.41) is 0. The highest BCUT2D eigenvalue weighted by Gasteiger charge is 2.49. The molecular weight excluding hydrogens is 192 g/mol. The van der Waals surface area contributed by atoms with Gasteiger partial charge < -0.3 is 5.73 Å². The van der Waals surface area contributed by atoms with Gasteiger partial charge in [0, 0.05) is 19.4 Å². The van der Waals surface area contributed by atoms with E-state index in [1.165, 1.54) is 4.90 Å². The fourth-order valence-corrected chi connectivity index (χ4v) is 2.47. The Morgan fingerprint density at radius 3 is 2.27 bits per heavy atom. The molecule has 4 nitrogen and oxygen atoms in total. The maximum Gasteiger partial charge on any atom is 0.229 e. The predicted octanol–water partition coefficient (Wildman–Crippen LogP) is 0.653. The molecule has 2 rings (SSSR count). The number of nitrogens with zero attached hydrogens (tertiary/aromatic N) is 1. The molecule has 15 heavy (non-hydrogen) atoms. The molecule has 0 radical (unpaired) electrons. The van der Waals surface area contributed by atoms with Crippen molar-refractivity contribution in [3.8, 4) is 0 Å². The molecule has 1 saturated heterocycles. The van der Waals surface area contributed by atoms with Crippen LogP contribution in [0.1, 0.15) is 39.0 Å². The van der Waals surface area contributed by atoms with Crippen LogP contribution < -0.4 is 5.73 Å². The molecule has 1 unspecified atom stereocenters. The number of hydrogen-bond acceptors (Lipinski definition) is 3. The van der Waals surface area contributed by atoms with Crippen molar-refractivity contribution in [2.45, 2.75) is 44.6 Å². The molecule has 2 N–H and O–H groups in total. The molecule has 84 valence electrons. The van der Waals surface area contributed by atoms with Gasteiger partial charge in [-0.2, -0.15) is 0 Å². The van der Waals surface area contributed by atoms with Crippen molar-refractivity contribution >= 4 is 11.8 Å². The average Bonchev–Trinajstić information content (AvgIpc) is 3.00. The number of imide groups is 1. The molecule has 2 fully saturated rings. The van der Waals surface area contributed by atoms with Gasteiger partial charge in [0.05, 0.1) is 5.54 Å². The monoisotopic (exact) mass is 210 g/mol. The Hall–Kier alpha value is -0.900. The molecule has 1 aliphatic carbocycles. The summed E-state index contributed by atoms with van der Waals surface area (Å²) in [4.78, 5) is 25.0. The Morgan fingerprint density at radius 1 is 1.33 bits per heavy atom. The lowest BCUT2D eigenvalue weighted by Gasteiger charge is -2.41. The number of amides is 2. The van der Waals surface area contributed by atoms with E-state index in [0.717, 1.165) is 12.8 Å². The summed E-state index contributed by atoms with van der Waals surface area (Å²) in [5.41, 5.74) is 5.34. The summed E-state index contributed by atoms with van der Waals surface area (Å²) >= 11 is 0. The Labute approximate surface area is 89.8 Å². The van der Waals surface area contributed by atoms with Gasteiger partial charge in [-0.15, -0.1) is 0 Å². The van der Waals surface area contributed by atoms with Crippen molar-refractivity contribution in [2.75, 3.05) is 6.54 Å². The van der Waals surface area contributed by atoms with E-state index in [4.69, 9.17) is 5.73 Å². The lowest BCUT2D eigenvalue weighted by Crippen LogP contribution is -2.59. The fourth-order valence-electron chi connectivity index (χ4n) is 2.47. The van der Waals surface area contributed by atoms with Crippen molar-refractivity contribution in [3.05, 3.63) is 0 Å². The summed E-state index contributed by atoms with van der Waals surface area (Å²) < 4.78 is 0. The molecule has 1 heterocycles. The molecule has 0 spiro atoms. The van der Waals surface area contributed by atoms with Gasteiger partial charge in [0.2, 0.25) is 11.8 Å². The summed E-state index contributed by atoms with van der Waals surface area (Å²) in [5.74, 6) is 0.353. The van der Waals surface area contributed by atoms with Crippen LogP contribution >= 0.6 is 0 Å². The van der Waals surface area contributed by atoms with Crippen molar-refractivity contribution < 1.29 is 9.59 Å². The fraction of sp³-hybridized carbons (Fsp3) is 0.818. The quantitative estimate of drug-likeness (QED) is 0.696. The second-order valence-corrected chi connectivity index (χ2v) is 4.81. The molecule has 2 aliphatic rings. The second kappa shape index (κ2) is 3.59. The first-order valence-corrected chi connectivity index (χ1v) is 5.65. The van der Waals surface area contributed by atoms with E-state index in [1.807, 2.05) is 6.92 Å². The van der Waals surface area contributed by atoms with Gasteiger partial charge in [-0.25, -0.2) is 0 Å². The van der Waals surface area contributed by atoms with Gasteiger partial charge >= 0.3 is 0 Å². The number of rotatable bonds is 3. The molecule has 0 aromatic heterocycles. The third kappa shape index (κ3) is 1.67. The third-order valence-corrected chi connectivity index (χ3v) is 3.66. The van der Waals surface area contributed by atoms with Crippen molar-refractivity contribution in [1.29, 1.82) is 0 Å². The first-order chi connectivity index (χ1) is 7.09. The topological polar surface area (TPSA) is 63.4 Å². The van der Waals surface area contributed by atoms with Crippen molar-refractivity contribution in [2.24, 2.45) is 11.7 Å². The largest absolute Gasteiger partial charge is 0.328 e. The molecule has 2 amide bonds. The minimum Gasteiger partial charge on any atom is -0.328 e. The van der Waals surface area contributed by atoms with Crippen molar-refractivity contribution in [3.63, 3.8) is 0 Å². The molecular formula is C11H18N2O2. The van der Waals surface area contributed by atoms with Crippen LogP contribution in [0.4, 0.5) is 0 Å². The predicted molar refractivity (Wildman–Crippen MR) is 55.9 cm³/mol. The number of carbonyl (C=O) groups is 2. The number of likely N-dealkylation sites (tertiary alicyclic amines) is 1. The van der Waals surface area contributed by atoms with Crippen LogP contribution in [-0.2, 0) is 9.59 Å². The summed E-state index contributed by atoms with van der Waals surface area (Å²) in [6.45, 7) is 2.33. The van der Waals surface area contributed by atoms with Crippen LogP contribution in [-0.4, -0.2) is 28.8 Å². The van der Waals surface area contributed by atoms with E-state index >= 15 is 0 Å². The first-order valence-electron chi connectivity index (χ1n) is 5.65. The number of piperidine rings is 1. The summed E-state index contributed by atoms with van der Waals surface area (Å²) in [7, 11) is 0. The zero-order chi connectivity index (χ0) is 11.1. The third-order valence-electron chi connectivity index (χ3n) is 3.66. The average molecular weight is 210 g/mol. The normalized spacial score (nSPS) is 26.7. The summed E-state index contributed by atoms with van der Waals surface area (Å²) in [6, 6.07) is 0. The molecule has 1 saturated carbocycles. The van der Waals surface area contributed by atoms with Gasteiger partial charge in [0.15, 0.2) is 0 Å². The Kier molecular flexibility index (Phi) is 2.54. The zero-order valence-corrected chi connectivity index (χ0v) is 9.16. The minimum atomic E-state index is -0.422. The van der Waals surface area contributed by atoms with Crippen LogP contribution in [0.5, 0.6) is 0 Å². The maximum atomic E-state index is 11.8. The highest BCUT2D eigenvalue weighted by atomic mass is 16.2. The molecule has 0 bridgehead atoms. The zero-order valence-electron chi connectivity index (χ0n) is 9.16. The molecule has 0 aromatic carbocycles. The number of carbonyl (C=O) groups excluding carboxylic acids is 2. The lowest BCUT2D eigenvalue weighted by atomic mass is 9.90. The highest BCUT2D eigenvalue weighted by Crippen LogP contribution is 2.43. The van der Waals surface area contributed by atoms with Crippen LogP contribution in [0, 0.1) is 5.92 Å². The summed E-state index contributed by atoms with van der Waals surface area (Å²) in [6.07, 6.45) is 3.86. The van der Waals surface area contributed by atoms with E-state index in [9.17, 15) is 9.59 Å². The standard InChI is InChI=1S/C11H18N2O2/c1-11(7-12,8-5-6-8)13-9(14)3-2-4-10(13)15/h8H,2-7,12H2,1H3. The first kappa shape index (κ1) is 10.6. The van der Waals surface area contributed by atoms with Crippen LogP contribution in [0.25, 0.3) is 0 Å². The van der Waals surface area contributed by atoms with Crippen LogP contribution in [0.3, 0.4) is 0 Å². The van der Waals surface area contributed by atoms with Crippen LogP contribution in [0.2, 0.25) is 0 Å². The Balaban J connectivity index is 2.24. The number of hydrogen-bond donors (Lipinski definition) is 1. The van der Waals surface area contributed by atoms with Crippen LogP contribution in [0.15, 0.2) is 0 Å². The van der Waals surface area contributed by atoms with E-state index in [2.05, 4.69) is 0 Å². The van der Waals surface area contributed by atoms with Gasteiger partial charge in [0.25, 0.3) is 0 Å². The van der Waals surface area contributed by atoms with E-state index in [1.54, 1.807) is 0 Å². The van der Waals surface area contributed by atoms with Gasteiger partial charge in [-0.05, 0) is 32.1 Å². The SMILES string of the molecule is CC(CN)(C1CC1)N1C(=O)CCCC1=O. The maximum absolute atomic E-state index is 11.8. The molecule has 1 atom stereocenters. The number of nitrogens with two attached hydrogens (primary N) is 1.